The van der Waals surface area contributed by atoms with Crippen LogP contribution in [0.25, 0.3) is 11.1 Å². The summed E-state index contributed by atoms with van der Waals surface area (Å²) in [7, 11) is 3.13. The summed E-state index contributed by atoms with van der Waals surface area (Å²) in [5.74, 6) is 0.131. The molecule has 2 rings (SSSR count). The van der Waals surface area contributed by atoms with E-state index in [4.69, 9.17) is 20.3 Å². The summed E-state index contributed by atoms with van der Waals surface area (Å²) in [6.07, 6.45) is 0.208. The molecule has 0 aromatic heterocycles. The summed E-state index contributed by atoms with van der Waals surface area (Å²) in [4.78, 5) is 11.0. The molecule has 0 unspecified atom stereocenters. The first-order valence-corrected chi connectivity index (χ1v) is 6.86. The van der Waals surface area contributed by atoms with Gasteiger partial charge in [-0.1, -0.05) is 36.4 Å². The maximum atomic E-state index is 11.0. The van der Waals surface area contributed by atoms with Crippen LogP contribution in [0.2, 0.25) is 0 Å². The molecule has 0 saturated heterocycles. The summed E-state index contributed by atoms with van der Waals surface area (Å²) in [5.41, 5.74) is 8.22. The minimum absolute atomic E-state index is 0.208. The van der Waals surface area contributed by atoms with Gasteiger partial charge in [0.2, 0.25) is 0 Å². The number of rotatable bonds is 6. The Bertz CT molecular complexity index is 655. The van der Waals surface area contributed by atoms with Crippen LogP contribution in [0.3, 0.4) is 0 Å². The van der Waals surface area contributed by atoms with Gasteiger partial charge in [0.1, 0.15) is 6.04 Å². The van der Waals surface area contributed by atoms with E-state index in [1.54, 1.807) is 20.3 Å². The number of methoxy groups -OCH3 is 2. The van der Waals surface area contributed by atoms with E-state index in [1.165, 1.54) is 0 Å². The third-order valence-electron chi connectivity index (χ3n) is 3.45. The van der Waals surface area contributed by atoms with Gasteiger partial charge < -0.3 is 20.3 Å². The minimum atomic E-state index is -1.03. The number of hydrogen-bond acceptors (Lipinski definition) is 4. The molecule has 0 aliphatic heterocycles. The van der Waals surface area contributed by atoms with Gasteiger partial charge in [0.25, 0.3) is 0 Å². The van der Waals surface area contributed by atoms with Crippen LogP contribution in [-0.2, 0) is 11.2 Å². The summed E-state index contributed by atoms with van der Waals surface area (Å²) in [6.45, 7) is 0. The van der Waals surface area contributed by atoms with Gasteiger partial charge in [0.15, 0.2) is 11.5 Å². The highest BCUT2D eigenvalue weighted by Gasteiger charge is 2.20. The largest absolute Gasteiger partial charge is 0.493 e. The lowest BCUT2D eigenvalue weighted by Gasteiger charge is -2.18. The Morgan fingerprint density at radius 1 is 1.14 bits per heavy atom. The highest BCUT2D eigenvalue weighted by molar-refractivity contribution is 5.79. The van der Waals surface area contributed by atoms with E-state index in [0.29, 0.717) is 11.5 Å². The van der Waals surface area contributed by atoms with Crippen molar-refractivity contribution in [3.8, 4) is 22.6 Å². The van der Waals surface area contributed by atoms with Crippen molar-refractivity contribution in [2.24, 2.45) is 5.73 Å². The number of ether oxygens (including phenoxy) is 2. The molecule has 0 spiro atoms. The van der Waals surface area contributed by atoms with Gasteiger partial charge in [0, 0.05) is 5.56 Å². The lowest BCUT2D eigenvalue weighted by molar-refractivity contribution is -0.138. The van der Waals surface area contributed by atoms with Gasteiger partial charge >= 0.3 is 5.97 Å². The van der Waals surface area contributed by atoms with Crippen molar-refractivity contribution in [2.45, 2.75) is 12.5 Å². The molecule has 5 heteroatoms. The van der Waals surface area contributed by atoms with Gasteiger partial charge in [-0.15, -0.1) is 0 Å². The normalized spacial score (nSPS) is 11.8. The van der Waals surface area contributed by atoms with Crippen LogP contribution >= 0.6 is 0 Å². The lowest BCUT2D eigenvalue weighted by Crippen LogP contribution is -2.32. The Morgan fingerprint density at radius 2 is 1.82 bits per heavy atom. The first-order chi connectivity index (χ1) is 10.6. The third-order valence-corrected chi connectivity index (χ3v) is 3.45. The highest BCUT2D eigenvalue weighted by atomic mass is 16.5. The Balaban J connectivity index is 2.60. The Hall–Kier alpha value is -2.53. The predicted octanol–water partition coefficient (Wildman–Crippen LogP) is 2.33. The second kappa shape index (κ2) is 6.95. The molecule has 0 saturated carbocycles. The first kappa shape index (κ1) is 15.9. The predicted molar refractivity (Wildman–Crippen MR) is 84.3 cm³/mol. The number of hydrogen-bond donors (Lipinski definition) is 2. The van der Waals surface area contributed by atoms with Gasteiger partial charge in [-0.25, -0.2) is 0 Å². The second-order valence-corrected chi connectivity index (χ2v) is 4.85. The first-order valence-electron chi connectivity index (χ1n) is 6.86. The zero-order valence-corrected chi connectivity index (χ0v) is 12.6. The van der Waals surface area contributed by atoms with E-state index in [-0.39, 0.29) is 6.42 Å². The zero-order chi connectivity index (χ0) is 16.1. The van der Waals surface area contributed by atoms with E-state index in [2.05, 4.69) is 0 Å². The Morgan fingerprint density at radius 3 is 2.36 bits per heavy atom. The average Bonchev–Trinajstić information content (AvgIpc) is 2.54. The summed E-state index contributed by atoms with van der Waals surface area (Å²) >= 11 is 0. The van der Waals surface area contributed by atoms with Crippen molar-refractivity contribution in [3.63, 3.8) is 0 Å². The quantitative estimate of drug-likeness (QED) is 0.855. The number of carbonyl (C=O) groups is 1. The molecule has 2 aromatic rings. The van der Waals surface area contributed by atoms with E-state index < -0.39 is 12.0 Å². The maximum Gasteiger partial charge on any atom is 0.320 e. The molecule has 0 fully saturated rings. The highest BCUT2D eigenvalue weighted by Crippen LogP contribution is 2.40. The van der Waals surface area contributed by atoms with Crippen molar-refractivity contribution < 1.29 is 19.4 Å². The van der Waals surface area contributed by atoms with E-state index in [9.17, 15) is 4.79 Å². The van der Waals surface area contributed by atoms with E-state index >= 15 is 0 Å². The van der Waals surface area contributed by atoms with Crippen LogP contribution in [0.5, 0.6) is 11.5 Å². The topological polar surface area (TPSA) is 81.8 Å². The number of nitrogens with two attached hydrogens (primary N) is 1. The molecule has 0 heterocycles. The van der Waals surface area contributed by atoms with E-state index in [0.717, 1.165) is 16.7 Å². The molecule has 22 heavy (non-hydrogen) atoms. The lowest BCUT2D eigenvalue weighted by atomic mass is 9.94. The van der Waals surface area contributed by atoms with Gasteiger partial charge in [-0.3, -0.25) is 4.79 Å². The van der Waals surface area contributed by atoms with Crippen LogP contribution in [0.1, 0.15) is 5.56 Å². The minimum Gasteiger partial charge on any atom is -0.493 e. The molecule has 0 amide bonds. The Kier molecular flexibility index (Phi) is 5.01. The summed E-state index contributed by atoms with van der Waals surface area (Å²) < 4.78 is 10.8. The smallest absolute Gasteiger partial charge is 0.320 e. The number of carboxylic acid groups (broad SMARTS) is 1. The van der Waals surface area contributed by atoms with Crippen LogP contribution in [0.15, 0.2) is 42.5 Å². The molecule has 0 aliphatic carbocycles. The standard InChI is InChI=1S/C17H19NO4/c1-21-14-9-8-12(10-13(18)17(19)20)15(16(14)22-2)11-6-4-3-5-7-11/h3-9,13H,10,18H2,1-2H3,(H,19,20)/t13-/m1/s1. The fourth-order valence-corrected chi connectivity index (χ4v) is 2.38. The van der Waals surface area contributed by atoms with Crippen LogP contribution in [-0.4, -0.2) is 31.3 Å². The second-order valence-electron chi connectivity index (χ2n) is 4.85. The monoisotopic (exact) mass is 301 g/mol. The van der Waals surface area contributed by atoms with E-state index in [1.807, 2.05) is 36.4 Å². The number of carboxylic acids is 1. The summed E-state index contributed by atoms with van der Waals surface area (Å²) in [6, 6.07) is 12.2. The zero-order valence-electron chi connectivity index (χ0n) is 12.6. The Labute approximate surface area is 129 Å². The van der Waals surface area contributed by atoms with Crippen molar-refractivity contribution in [3.05, 3.63) is 48.0 Å². The molecule has 116 valence electrons. The average molecular weight is 301 g/mol. The fraction of sp³-hybridized carbons (Fsp3) is 0.235. The maximum absolute atomic E-state index is 11.0. The van der Waals surface area contributed by atoms with Crippen molar-refractivity contribution in [1.82, 2.24) is 0 Å². The summed E-state index contributed by atoms with van der Waals surface area (Å²) in [5, 5.41) is 9.05. The number of aliphatic carboxylic acids is 1. The molecule has 0 radical (unpaired) electrons. The molecule has 1 atom stereocenters. The molecular formula is C17H19NO4. The molecule has 3 N–H and O–H groups in total. The van der Waals surface area contributed by atoms with Crippen LogP contribution < -0.4 is 15.2 Å². The SMILES string of the molecule is COc1ccc(C[C@@H](N)C(=O)O)c(-c2ccccc2)c1OC. The van der Waals surface area contributed by atoms with Crippen molar-refractivity contribution >= 4 is 5.97 Å². The molecule has 2 aromatic carbocycles. The molecule has 0 bridgehead atoms. The van der Waals surface area contributed by atoms with Gasteiger partial charge in [-0.05, 0) is 23.6 Å². The van der Waals surface area contributed by atoms with Crippen molar-refractivity contribution in [2.75, 3.05) is 14.2 Å². The molecular weight excluding hydrogens is 282 g/mol. The van der Waals surface area contributed by atoms with Gasteiger partial charge in [0.05, 0.1) is 14.2 Å². The van der Waals surface area contributed by atoms with Crippen molar-refractivity contribution in [1.29, 1.82) is 0 Å². The van der Waals surface area contributed by atoms with Gasteiger partial charge in [-0.2, -0.15) is 0 Å². The molecule has 5 nitrogen and oxygen atoms in total. The fourth-order valence-electron chi connectivity index (χ4n) is 2.38. The van der Waals surface area contributed by atoms with Crippen LogP contribution in [0, 0.1) is 0 Å². The molecule has 0 aliphatic rings. The number of benzene rings is 2. The third kappa shape index (κ3) is 3.20. The van der Waals surface area contributed by atoms with Crippen LogP contribution in [0.4, 0.5) is 0 Å².